The fourth-order valence-electron chi connectivity index (χ4n) is 2.93. The minimum Gasteiger partial charge on any atom is -0.506 e. The molecule has 1 heterocycles. The number of nitrogens with zero attached hydrogens (tertiary/aromatic N) is 1. The number of fused-ring (bicyclic) bond motifs is 1. The summed E-state index contributed by atoms with van der Waals surface area (Å²) in [6, 6.07) is 12.5. The molecule has 0 atom stereocenters. The fourth-order valence-corrected chi connectivity index (χ4v) is 2.93. The van der Waals surface area contributed by atoms with Gasteiger partial charge in [0.15, 0.2) is 6.61 Å². The number of rotatable bonds is 4. The quantitative estimate of drug-likeness (QED) is 0.810. The normalized spacial score (nSPS) is 13.7. The molecule has 0 bridgehead atoms. The predicted octanol–water partition coefficient (Wildman–Crippen LogP) is 3.44. The third kappa shape index (κ3) is 4.22. The molecule has 0 saturated heterocycles. The van der Waals surface area contributed by atoms with Crippen molar-refractivity contribution in [3.8, 4) is 11.5 Å². The number of para-hydroxylation sites is 2. The number of carbonyl (C=O) groups is 2. The van der Waals surface area contributed by atoms with Gasteiger partial charge in [0.05, 0.1) is 11.4 Å². The van der Waals surface area contributed by atoms with Gasteiger partial charge in [-0.2, -0.15) is 0 Å². The molecule has 2 N–H and O–H groups in total. The van der Waals surface area contributed by atoms with Gasteiger partial charge in [-0.15, -0.1) is 0 Å². The number of phenols is 1. The van der Waals surface area contributed by atoms with E-state index in [9.17, 15) is 14.7 Å². The van der Waals surface area contributed by atoms with Gasteiger partial charge < -0.3 is 20.1 Å². The number of phenolic OH excluding ortho intramolecular Hbond substituents is 1. The van der Waals surface area contributed by atoms with Crippen molar-refractivity contribution in [3.05, 3.63) is 48.0 Å². The van der Waals surface area contributed by atoms with Crippen LogP contribution in [-0.2, 0) is 15.0 Å². The van der Waals surface area contributed by atoms with E-state index in [2.05, 4.69) is 26.1 Å². The van der Waals surface area contributed by atoms with Gasteiger partial charge in [-0.1, -0.05) is 39.0 Å². The summed E-state index contributed by atoms with van der Waals surface area (Å²) in [5.41, 5.74) is 1.95. The molecule has 0 unspecified atom stereocenters. The van der Waals surface area contributed by atoms with E-state index in [0.29, 0.717) is 17.1 Å². The Kier molecular flexibility index (Phi) is 5.08. The summed E-state index contributed by atoms with van der Waals surface area (Å²) in [4.78, 5) is 26.1. The van der Waals surface area contributed by atoms with Crippen molar-refractivity contribution >= 4 is 23.2 Å². The van der Waals surface area contributed by atoms with Crippen molar-refractivity contribution in [1.29, 1.82) is 0 Å². The second-order valence-electron chi connectivity index (χ2n) is 7.58. The van der Waals surface area contributed by atoms with E-state index in [1.54, 1.807) is 29.2 Å². The number of ether oxygens (including phenoxy) is 1. The summed E-state index contributed by atoms with van der Waals surface area (Å²) in [5, 5.41) is 12.8. The van der Waals surface area contributed by atoms with Gasteiger partial charge in [0, 0.05) is 13.0 Å². The molecule has 1 aliphatic rings. The molecule has 3 rings (SSSR count). The zero-order valence-electron chi connectivity index (χ0n) is 15.8. The fraction of sp³-hybridized carbons (Fsp3) is 0.333. The molecule has 6 heteroatoms. The second-order valence-corrected chi connectivity index (χ2v) is 7.58. The number of anilines is 2. The summed E-state index contributed by atoms with van der Waals surface area (Å²) in [6.07, 6.45) is 0.110. The zero-order chi connectivity index (χ0) is 19.6. The van der Waals surface area contributed by atoms with Crippen molar-refractivity contribution in [2.45, 2.75) is 32.6 Å². The monoisotopic (exact) mass is 368 g/mol. The molecule has 0 spiro atoms. The third-order valence-corrected chi connectivity index (χ3v) is 4.51. The number of hydrogen-bond donors (Lipinski definition) is 2. The molecule has 0 aliphatic carbocycles. The average Bonchev–Trinajstić information content (AvgIpc) is 2.62. The number of hydrogen-bond acceptors (Lipinski definition) is 4. The highest BCUT2D eigenvalue weighted by Gasteiger charge is 2.25. The van der Waals surface area contributed by atoms with Gasteiger partial charge in [-0.05, 0) is 35.2 Å². The predicted molar refractivity (Wildman–Crippen MR) is 104 cm³/mol. The Morgan fingerprint density at radius 1 is 1.22 bits per heavy atom. The lowest BCUT2D eigenvalue weighted by atomic mass is 9.87. The van der Waals surface area contributed by atoms with E-state index in [4.69, 9.17) is 4.74 Å². The first-order valence-corrected chi connectivity index (χ1v) is 8.91. The van der Waals surface area contributed by atoms with Gasteiger partial charge in [-0.3, -0.25) is 9.59 Å². The highest BCUT2D eigenvalue weighted by Crippen LogP contribution is 2.32. The molecule has 0 fully saturated rings. The highest BCUT2D eigenvalue weighted by molar-refractivity contribution is 5.99. The SMILES string of the molecule is CC(C)(C)c1ccc(O)c(NC(=O)CCN2C(=O)COc3ccccc32)c1. The Balaban J connectivity index is 1.68. The smallest absolute Gasteiger partial charge is 0.265 e. The largest absolute Gasteiger partial charge is 0.506 e. The molecular weight excluding hydrogens is 344 g/mol. The lowest BCUT2D eigenvalue weighted by Crippen LogP contribution is -2.40. The Bertz CT molecular complexity index is 871. The second kappa shape index (κ2) is 7.31. The maximum Gasteiger partial charge on any atom is 0.265 e. The highest BCUT2D eigenvalue weighted by atomic mass is 16.5. The zero-order valence-corrected chi connectivity index (χ0v) is 15.8. The molecule has 1 aliphatic heterocycles. The number of amides is 2. The van der Waals surface area contributed by atoms with Crippen molar-refractivity contribution in [2.24, 2.45) is 0 Å². The molecule has 2 aromatic carbocycles. The maximum atomic E-state index is 12.4. The van der Waals surface area contributed by atoms with Crippen LogP contribution in [0.15, 0.2) is 42.5 Å². The van der Waals surface area contributed by atoms with Crippen LogP contribution >= 0.6 is 0 Å². The lowest BCUT2D eigenvalue weighted by molar-refractivity contribution is -0.121. The number of nitrogens with one attached hydrogen (secondary N) is 1. The summed E-state index contributed by atoms with van der Waals surface area (Å²) in [7, 11) is 0. The number of aromatic hydroxyl groups is 1. The molecule has 0 saturated carbocycles. The van der Waals surface area contributed by atoms with Crippen LogP contribution in [0.5, 0.6) is 11.5 Å². The molecule has 2 amide bonds. The molecule has 2 aromatic rings. The molecule has 142 valence electrons. The Morgan fingerprint density at radius 2 is 1.96 bits per heavy atom. The first-order valence-electron chi connectivity index (χ1n) is 8.91. The summed E-state index contributed by atoms with van der Waals surface area (Å²) < 4.78 is 5.40. The first kappa shape index (κ1) is 18.8. The average molecular weight is 368 g/mol. The lowest BCUT2D eigenvalue weighted by Gasteiger charge is -2.29. The molecule has 6 nitrogen and oxygen atoms in total. The van der Waals surface area contributed by atoms with Gasteiger partial charge >= 0.3 is 0 Å². The van der Waals surface area contributed by atoms with Crippen molar-refractivity contribution < 1.29 is 19.4 Å². The van der Waals surface area contributed by atoms with Gasteiger partial charge in [0.2, 0.25) is 5.91 Å². The van der Waals surface area contributed by atoms with Crippen LogP contribution in [0, 0.1) is 0 Å². The Labute approximate surface area is 158 Å². The van der Waals surface area contributed by atoms with E-state index in [1.165, 1.54) is 0 Å². The van der Waals surface area contributed by atoms with Crippen LogP contribution in [0.25, 0.3) is 0 Å². The van der Waals surface area contributed by atoms with E-state index in [1.807, 2.05) is 18.2 Å². The third-order valence-electron chi connectivity index (χ3n) is 4.51. The standard InChI is InChI=1S/C21H24N2O4/c1-21(2,3)14-8-9-17(24)15(12-14)22-19(25)10-11-23-16-6-4-5-7-18(16)27-13-20(23)26/h4-9,12,24H,10-11,13H2,1-3H3,(H,22,25). The van der Waals surface area contributed by atoms with Crippen LogP contribution < -0.4 is 15.0 Å². The van der Waals surface area contributed by atoms with Crippen LogP contribution in [0.2, 0.25) is 0 Å². The minimum absolute atomic E-state index is 0.0177. The van der Waals surface area contributed by atoms with Crippen LogP contribution in [0.4, 0.5) is 11.4 Å². The van der Waals surface area contributed by atoms with Crippen molar-refractivity contribution in [1.82, 2.24) is 0 Å². The molecule has 27 heavy (non-hydrogen) atoms. The van der Waals surface area contributed by atoms with Gasteiger partial charge in [0.25, 0.3) is 5.91 Å². The summed E-state index contributed by atoms with van der Waals surface area (Å²) in [5.74, 6) is 0.199. The first-order chi connectivity index (χ1) is 12.8. The van der Waals surface area contributed by atoms with E-state index < -0.39 is 0 Å². The molecule has 0 aromatic heterocycles. The number of benzene rings is 2. The topological polar surface area (TPSA) is 78.9 Å². The van der Waals surface area contributed by atoms with E-state index in [-0.39, 0.29) is 42.6 Å². The summed E-state index contributed by atoms with van der Waals surface area (Å²) >= 11 is 0. The van der Waals surface area contributed by atoms with Gasteiger partial charge in [-0.25, -0.2) is 0 Å². The van der Waals surface area contributed by atoms with E-state index in [0.717, 1.165) is 5.56 Å². The van der Waals surface area contributed by atoms with Crippen molar-refractivity contribution in [3.63, 3.8) is 0 Å². The van der Waals surface area contributed by atoms with Crippen LogP contribution in [-0.4, -0.2) is 30.1 Å². The summed E-state index contributed by atoms with van der Waals surface area (Å²) in [6.45, 7) is 6.39. The number of carbonyl (C=O) groups excluding carboxylic acids is 2. The van der Waals surface area contributed by atoms with Crippen molar-refractivity contribution in [2.75, 3.05) is 23.4 Å². The van der Waals surface area contributed by atoms with E-state index >= 15 is 0 Å². The van der Waals surface area contributed by atoms with Gasteiger partial charge in [0.1, 0.15) is 11.5 Å². The molecular formula is C21H24N2O4. The van der Waals surface area contributed by atoms with Crippen LogP contribution in [0.3, 0.4) is 0 Å². The maximum absolute atomic E-state index is 12.4. The Hall–Kier alpha value is -3.02. The molecule has 0 radical (unpaired) electrons. The van der Waals surface area contributed by atoms with Crippen LogP contribution in [0.1, 0.15) is 32.8 Å². The Morgan fingerprint density at radius 3 is 2.70 bits per heavy atom. The minimum atomic E-state index is -0.270.